The minimum absolute atomic E-state index is 0.167. The number of aryl methyl sites for hydroxylation is 1. The van der Waals surface area contributed by atoms with Gasteiger partial charge in [-0.2, -0.15) is 0 Å². The number of H-pyrrole nitrogens is 1. The second kappa shape index (κ2) is 5.59. The molecule has 4 nitrogen and oxygen atoms in total. The van der Waals surface area contributed by atoms with E-state index in [1.807, 2.05) is 14.0 Å². The highest BCUT2D eigenvalue weighted by molar-refractivity contribution is 5.93. The Labute approximate surface area is 113 Å². The SMILES string of the molecule is Cc1cc(=O)c(C(=O)N(C)C2CCCCC2C)c[nH]1. The molecule has 1 aliphatic carbocycles. The van der Waals surface area contributed by atoms with Crippen molar-refractivity contribution in [2.75, 3.05) is 7.05 Å². The molecule has 1 heterocycles. The van der Waals surface area contributed by atoms with Crippen LogP contribution in [0.5, 0.6) is 0 Å². The summed E-state index contributed by atoms with van der Waals surface area (Å²) < 4.78 is 0. The van der Waals surface area contributed by atoms with Crippen LogP contribution in [-0.4, -0.2) is 28.9 Å². The van der Waals surface area contributed by atoms with Crippen LogP contribution in [0.2, 0.25) is 0 Å². The van der Waals surface area contributed by atoms with Crippen LogP contribution in [0.15, 0.2) is 17.1 Å². The van der Waals surface area contributed by atoms with Crippen molar-refractivity contribution in [3.8, 4) is 0 Å². The van der Waals surface area contributed by atoms with Gasteiger partial charge in [-0.3, -0.25) is 9.59 Å². The Morgan fingerprint density at radius 2 is 2.05 bits per heavy atom. The Morgan fingerprint density at radius 3 is 2.68 bits per heavy atom. The molecule has 2 rings (SSSR count). The largest absolute Gasteiger partial charge is 0.364 e. The van der Waals surface area contributed by atoms with Crippen molar-refractivity contribution >= 4 is 5.91 Å². The molecule has 0 bridgehead atoms. The first kappa shape index (κ1) is 13.8. The highest BCUT2D eigenvalue weighted by Crippen LogP contribution is 2.27. The van der Waals surface area contributed by atoms with Gasteiger partial charge in [0.25, 0.3) is 5.91 Å². The zero-order valence-corrected chi connectivity index (χ0v) is 11.9. The molecule has 1 aliphatic rings. The van der Waals surface area contributed by atoms with Gasteiger partial charge in [-0.15, -0.1) is 0 Å². The molecule has 1 fully saturated rings. The van der Waals surface area contributed by atoms with Crippen LogP contribution >= 0.6 is 0 Å². The van der Waals surface area contributed by atoms with Crippen LogP contribution in [0.4, 0.5) is 0 Å². The summed E-state index contributed by atoms with van der Waals surface area (Å²) in [5.41, 5.74) is 0.817. The topological polar surface area (TPSA) is 53.2 Å². The number of aromatic amines is 1. The molecular formula is C15H22N2O2. The number of pyridine rings is 1. The molecule has 0 aliphatic heterocycles. The number of rotatable bonds is 2. The van der Waals surface area contributed by atoms with E-state index in [2.05, 4.69) is 11.9 Å². The minimum Gasteiger partial charge on any atom is -0.364 e. The predicted molar refractivity (Wildman–Crippen MR) is 75.3 cm³/mol. The van der Waals surface area contributed by atoms with Crippen molar-refractivity contribution in [2.45, 2.75) is 45.6 Å². The molecule has 0 spiro atoms. The number of aromatic nitrogens is 1. The number of hydrogen-bond donors (Lipinski definition) is 1. The summed E-state index contributed by atoms with van der Waals surface area (Å²) in [6.07, 6.45) is 6.13. The van der Waals surface area contributed by atoms with E-state index in [1.54, 1.807) is 4.90 Å². The third-order valence-electron chi connectivity index (χ3n) is 4.17. The summed E-state index contributed by atoms with van der Waals surface area (Å²) >= 11 is 0. The lowest BCUT2D eigenvalue weighted by atomic mass is 9.85. The van der Waals surface area contributed by atoms with Crippen LogP contribution < -0.4 is 5.43 Å². The zero-order chi connectivity index (χ0) is 14.0. The van der Waals surface area contributed by atoms with E-state index in [0.717, 1.165) is 25.0 Å². The number of nitrogens with zero attached hydrogens (tertiary/aromatic N) is 1. The highest BCUT2D eigenvalue weighted by Gasteiger charge is 2.29. The minimum atomic E-state index is -0.198. The first-order valence-electron chi connectivity index (χ1n) is 6.97. The van der Waals surface area contributed by atoms with Gasteiger partial charge >= 0.3 is 0 Å². The molecule has 0 aromatic carbocycles. The van der Waals surface area contributed by atoms with Crippen molar-refractivity contribution in [1.82, 2.24) is 9.88 Å². The molecular weight excluding hydrogens is 240 g/mol. The molecule has 1 N–H and O–H groups in total. The van der Waals surface area contributed by atoms with Gasteiger partial charge in [0.1, 0.15) is 5.56 Å². The van der Waals surface area contributed by atoms with Gasteiger partial charge in [0.05, 0.1) is 0 Å². The molecule has 19 heavy (non-hydrogen) atoms. The van der Waals surface area contributed by atoms with E-state index in [0.29, 0.717) is 5.92 Å². The summed E-state index contributed by atoms with van der Waals surface area (Å²) in [6, 6.07) is 1.73. The first-order chi connectivity index (χ1) is 9.00. The second-order valence-electron chi connectivity index (χ2n) is 5.64. The molecule has 1 saturated carbocycles. The Morgan fingerprint density at radius 1 is 1.37 bits per heavy atom. The van der Waals surface area contributed by atoms with Crippen LogP contribution in [0.25, 0.3) is 0 Å². The molecule has 2 unspecified atom stereocenters. The standard InChI is InChI=1S/C15H22N2O2/c1-10-6-4-5-7-13(10)17(3)15(19)12-9-16-11(2)8-14(12)18/h8-10,13H,4-7H2,1-3H3,(H,16,18). The van der Waals surface area contributed by atoms with Crippen LogP contribution in [0.3, 0.4) is 0 Å². The molecule has 0 radical (unpaired) electrons. The zero-order valence-electron chi connectivity index (χ0n) is 11.9. The predicted octanol–water partition coefficient (Wildman–Crippen LogP) is 2.33. The van der Waals surface area contributed by atoms with E-state index in [9.17, 15) is 9.59 Å². The van der Waals surface area contributed by atoms with E-state index < -0.39 is 0 Å². The van der Waals surface area contributed by atoms with Gasteiger partial charge in [0, 0.05) is 31.0 Å². The molecule has 4 heteroatoms. The van der Waals surface area contributed by atoms with Crippen LogP contribution in [0.1, 0.15) is 48.7 Å². The molecule has 0 saturated heterocycles. The molecule has 1 aromatic heterocycles. The normalized spacial score (nSPS) is 23.1. The fraction of sp³-hybridized carbons (Fsp3) is 0.600. The third kappa shape index (κ3) is 2.88. The Hall–Kier alpha value is -1.58. The number of carbonyl (C=O) groups is 1. The van der Waals surface area contributed by atoms with Crippen molar-refractivity contribution in [2.24, 2.45) is 5.92 Å². The summed E-state index contributed by atoms with van der Waals surface area (Å²) in [4.78, 5) is 29.0. The average molecular weight is 262 g/mol. The third-order valence-corrected chi connectivity index (χ3v) is 4.17. The molecule has 104 valence electrons. The van der Waals surface area contributed by atoms with Gasteiger partial charge in [-0.1, -0.05) is 19.8 Å². The van der Waals surface area contributed by atoms with E-state index >= 15 is 0 Å². The Kier molecular flexibility index (Phi) is 4.08. The summed E-state index contributed by atoms with van der Waals surface area (Å²) in [7, 11) is 1.81. The average Bonchev–Trinajstić information content (AvgIpc) is 2.38. The van der Waals surface area contributed by atoms with Gasteiger partial charge in [-0.25, -0.2) is 0 Å². The van der Waals surface area contributed by atoms with Crippen LogP contribution in [0, 0.1) is 12.8 Å². The van der Waals surface area contributed by atoms with E-state index in [4.69, 9.17) is 0 Å². The summed E-state index contributed by atoms with van der Waals surface area (Å²) in [6.45, 7) is 4.00. The second-order valence-corrected chi connectivity index (χ2v) is 5.64. The Balaban J connectivity index is 2.20. The van der Waals surface area contributed by atoms with Crippen molar-refractivity contribution in [3.05, 3.63) is 33.7 Å². The lowest BCUT2D eigenvalue weighted by molar-refractivity contribution is 0.0627. The van der Waals surface area contributed by atoms with Gasteiger partial charge in [-0.05, 0) is 25.7 Å². The smallest absolute Gasteiger partial charge is 0.259 e. The lowest BCUT2D eigenvalue weighted by Crippen LogP contribution is -2.44. The maximum absolute atomic E-state index is 12.4. The summed E-state index contributed by atoms with van der Waals surface area (Å²) in [5, 5.41) is 0. The number of carbonyl (C=O) groups excluding carboxylic acids is 1. The Bertz CT molecular complexity index is 521. The van der Waals surface area contributed by atoms with Crippen molar-refractivity contribution in [1.29, 1.82) is 0 Å². The summed E-state index contributed by atoms with van der Waals surface area (Å²) in [5.74, 6) is 0.340. The fourth-order valence-corrected chi connectivity index (χ4v) is 2.95. The van der Waals surface area contributed by atoms with Gasteiger partial charge in [0.2, 0.25) is 0 Å². The van der Waals surface area contributed by atoms with E-state index in [-0.39, 0.29) is 22.9 Å². The van der Waals surface area contributed by atoms with Crippen molar-refractivity contribution < 1.29 is 4.79 Å². The molecule has 2 atom stereocenters. The van der Waals surface area contributed by atoms with Gasteiger partial charge in [0.15, 0.2) is 5.43 Å². The monoisotopic (exact) mass is 262 g/mol. The number of amides is 1. The molecule has 1 amide bonds. The van der Waals surface area contributed by atoms with Gasteiger partial charge < -0.3 is 9.88 Å². The first-order valence-corrected chi connectivity index (χ1v) is 6.97. The molecule has 1 aromatic rings. The quantitative estimate of drug-likeness (QED) is 0.889. The maximum Gasteiger partial charge on any atom is 0.259 e. The lowest BCUT2D eigenvalue weighted by Gasteiger charge is -2.36. The van der Waals surface area contributed by atoms with Crippen molar-refractivity contribution in [3.63, 3.8) is 0 Å². The van der Waals surface area contributed by atoms with E-state index in [1.165, 1.54) is 18.7 Å². The number of hydrogen-bond acceptors (Lipinski definition) is 2. The fourth-order valence-electron chi connectivity index (χ4n) is 2.95. The highest BCUT2D eigenvalue weighted by atomic mass is 16.2. The van der Waals surface area contributed by atoms with Crippen LogP contribution in [-0.2, 0) is 0 Å². The number of nitrogens with one attached hydrogen (secondary N) is 1. The maximum atomic E-state index is 12.4.